The molecule has 4 nitrogen and oxygen atoms in total. The van der Waals surface area contributed by atoms with Gasteiger partial charge in [0.25, 0.3) is 0 Å². The third-order valence-electron chi connectivity index (χ3n) is 15.3. The lowest BCUT2D eigenvalue weighted by Gasteiger charge is -2.64. The molecule has 0 aromatic rings. The summed E-state index contributed by atoms with van der Waals surface area (Å²) < 4.78 is 12.1. The Morgan fingerprint density at radius 1 is 0.930 bits per heavy atom. The summed E-state index contributed by atoms with van der Waals surface area (Å²) in [4.78, 5) is 23.5. The van der Waals surface area contributed by atoms with Crippen molar-refractivity contribution in [2.75, 3.05) is 7.11 Å². The number of methoxy groups -OCH3 is 1. The molecule has 0 aromatic carbocycles. The molecule has 0 bridgehead atoms. The van der Waals surface area contributed by atoms with Gasteiger partial charge in [-0.15, -0.1) is 0 Å². The first-order valence-electron chi connectivity index (χ1n) is 18.0. The van der Waals surface area contributed by atoms with E-state index in [0.717, 1.165) is 30.1 Å². The van der Waals surface area contributed by atoms with Crippen LogP contribution in [0.5, 0.6) is 0 Å². The number of rotatable bonds is 9. The lowest BCUT2D eigenvalue weighted by atomic mass is 9.41. The van der Waals surface area contributed by atoms with Gasteiger partial charge < -0.3 is 14.0 Å². The van der Waals surface area contributed by atoms with E-state index in [4.69, 9.17) is 9.16 Å². The van der Waals surface area contributed by atoms with Crippen LogP contribution in [0.2, 0.25) is 36.3 Å². The van der Waals surface area contributed by atoms with Crippen LogP contribution in [0.1, 0.15) is 126 Å². The van der Waals surface area contributed by atoms with E-state index in [1.54, 1.807) is 0 Å². The van der Waals surface area contributed by atoms with Gasteiger partial charge in [0.05, 0.1) is 7.11 Å². The van der Waals surface area contributed by atoms with E-state index in [1.165, 1.54) is 64.9 Å². The molecule has 0 heterocycles. The summed E-state index contributed by atoms with van der Waals surface area (Å²) in [5.74, 6) is 4.89. The Morgan fingerprint density at radius 3 is 2.12 bits per heavy atom. The minimum Gasteiger partial charge on any atom is -0.469 e. The van der Waals surface area contributed by atoms with Crippen LogP contribution in [0.4, 0.5) is 0 Å². The van der Waals surface area contributed by atoms with Crippen LogP contribution in [0.15, 0.2) is 0 Å². The normalized spacial score (nSPS) is 39.4. The summed E-state index contributed by atoms with van der Waals surface area (Å²) in [7, 11) is -2.62. The van der Waals surface area contributed by atoms with Crippen molar-refractivity contribution in [3.8, 4) is 0 Å². The lowest BCUT2D eigenvalue weighted by molar-refractivity contribution is -0.155. The average Bonchev–Trinajstić information content (AvgIpc) is 3.23. The van der Waals surface area contributed by atoms with Gasteiger partial charge in [-0.25, -0.2) is 0 Å². The van der Waals surface area contributed by atoms with Crippen molar-refractivity contribution in [3.63, 3.8) is 0 Å². The maximum Gasteiger partial charge on any atom is 0.305 e. The van der Waals surface area contributed by atoms with Crippen molar-refractivity contribution < 1.29 is 18.8 Å². The molecule has 0 radical (unpaired) electrons. The van der Waals surface area contributed by atoms with Gasteiger partial charge in [0, 0.05) is 12.5 Å². The van der Waals surface area contributed by atoms with Gasteiger partial charge in [-0.1, -0.05) is 55.4 Å². The largest absolute Gasteiger partial charge is 0.469 e. The van der Waals surface area contributed by atoms with Crippen molar-refractivity contribution in [1.29, 1.82) is 0 Å². The van der Waals surface area contributed by atoms with Gasteiger partial charge in [-0.3, -0.25) is 4.79 Å². The Hall–Kier alpha value is -0.176. The maximum absolute atomic E-state index is 12.0. The number of esters is 1. The topological polar surface area (TPSA) is 55.8 Å². The molecule has 4 fully saturated rings. The van der Waals surface area contributed by atoms with Crippen molar-refractivity contribution in [3.05, 3.63) is 0 Å². The van der Waals surface area contributed by atoms with Gasteiger partial charge in [-0.05, 0) is 153 Å². The molecule has 4 rings (SSSR count). The fourth-order valence-electron chi connectivity index (χ4n) is 10.8. The number of fused-ring (bicyclic) bond motifs is 5. The highest BCUT2D eigenvalue weighted by atomic mass is 28.4. The zero-order valence-electron chi connectivity index (χ0n) is 30.6. The number of ether oxygens (including phenoxy) is 1. The highest BCUT2D eigenvalue weighted by molar-refractivity contribution is 6.74. The van der Waals surface area contributed by atoms with E-state index in [-0.39, 0.29) is 16.0 Å². The van der Waals surface area contributed by atoms with Crippen LogP contribution in [0, 0.1) is 52.3 Å². The number of carbonyl (C=O) groups is 1. The average molecular weight is 635 g/mol. The molecule has 4 aliphatic carbocycles. The molecule has 4 saturated carbocycles. The molecule has 0 spiro atoms. The second-order valence-corrected chi connectivity index (χ2v) is 28.5. The third kappa shape index (κ3) is 6.66. The molecule has 250 valence electrons. The second kappa shape index (κ2) is 12.1. The Balaban J connectivity index is 1.63. The van der Waals surface area contributed by atoms with Crippen LogP contribution in [0.25, 0.3) is 0 Å². The predicted octanol–water partition coefficient (Wildman–Crippen LogP) is 10.2. The third-order valence-corrected chi connectivity index (χ3v) is 23.3. The number of carbonyl (C=O) groups excluding carboxylic acids is 1. The molecule has 10 atom stereocenters. The van der Waals surface area contributed by atoms with Crippen LogP contribution >= 0.6 is 0 Å². The smallest absolute Gasteiger partial charge is 0.305 e. The Kier molecular flexibility index (Phi) is 10.1. The van der Waals surface area contributed by atoms with E-state index in [1.807, 2.05) is 0 Å². The highest BCUT2D eigenvalue weighted by Crippen LogP contribution is 2.71. The fourth-order valence-corrected chi connectivity index (χ4v) is 13.0. The van der Waals surface area contributed by atoms with Crippen LogP contribution in [-0.4, -0.2) is 40.6 Å². The van der Waals surface area contributed by atoms with Crippen molar-refractivity contribution in [2.24, 2.45) is 52.3 Å². The fraction of sp³-hybridized carbons (Fsp3) is 0.973. The van der Waals surface area contributed by atoms with Crippen molar-refractivity contribution >= 4 is 22.6 Å². The SMILES string of the molecule is COC(=O)CC[C@@H](C)[C@H]1CC[C@H]2[C@@H]3[C@H](CC(C)(C)[Si](C)(C)O)C[C@@H]4C[C@H](O[Si](C)(C)C(C)(C)C)CC[C@]4(C)[C@H]3CC[C@]12C. The predicted molar refractivity (Wildman–Crippen MR) is 185 cm³/mol. The standard InChI is InChI=1S/C37H70O4Si2/c1-25(14-17-32(38)40-9)29-15-16-30-33-26(24-35(5,6)42(10,11)39)22-27-23-28(41-43(12,13)34(2,3)4)18-20-36(27,7)31(33)19-21-37(29,30)8/h25-31,33,39H,14-24H2,1-13H3/t25-,26+,27-,28-,29-,30+,31+,33+,36+,37-/m1/s1. The quantitative estimate of drug-likeness (QED) is 0.203. The summed E-state index contributed by atoms with van der Waals surface area (Å²) in [5, 5.41) is 0.247. The first kappa shape index (κ1) is 35.7. The molecular formula is C37H70O4Si2. The first-order chi connectivity index (χ1) is 19.6. The Labute approximate surface area is 268 Å². The zero-order chi connectivity index (χ0) is 32.4. The van der Waals surface area contributed by atoms with Crippen LogP contribution in [-0.2, 0) is 14.0 Å². The molecule has 0 aliphatic heterocycles. The molecule has 0 amide bonds. The van der Waals surface area contributed by atoms with E-state index >= 15 is 0 Å². The Morgan fingerprint density at radius 2 is 1.53 bits per heavy atom. The van der Waals surface area contributed by atoms with E-state index < -0.39 is 16.6 Å². The molecule has 0 unspecified atom stereocenters. The van der Waals surface area contributed by atoms with Gasteiger partial charge in [0.1, 0.15) is 0 Å². The summed E-state index contributed by atoms with van der Waals surface area (Å²) >= 11 is 0. The first-order valence-corrected chi connectivity index (χ1v) is 23.9. The summed E-state index contributed by atoms with van der Waals surface area (Å²) in [6.45, 7) is 28.8. The van der Waals surface area contributed by atoms with Gasteiger partial charge in [-0.2, -0.15) is 0 Å². The molecule has 1 N–H and O–H groups in total. The summed E-state index contributed by atoms with van der Waals surface area (Å²) in [6, 6.07) is 0. The van der Waals surface area contributed by atoms with Gasteiger partial charge in [0.15, 0.2) is 16.6 Å². The minimum atomic E-state index is -2.33. The highest BCUT2D eigenvalue weighted by Gasteiger charge is 2.63. The van der Waals surface area contributed by atoms with Gasteiger partial charge >= 0.3 is 5.97 Å². The summed E-state index contributed by atoms with van der Waals surface area (Å²) in [6.07, 6.45) is 13.5. The molecule has 0 saturated heterocycles. The number of hydrogen-bond donors (Lipinski definition) is 1. The lowest BCUT2D eigenvalue weighted by Crippen LogP contribution is -2.58. The zero-order valence-corrected chi connectivity index (χ0v) is 32.6. The molecule has 43 heavy (non-hydrogen) atoms. The molecular weight excluding hydrogens is 565 g/mol. The molecule has 4 aliphatic rings. The molecule has 0 aromatic heterocycles. The van der Waals surface area contributed by atoms with Crippen molar-refractivity contribution in [2.45, 2.75) is 168 Å². The maximum atomic E-state index is 12.0. The second-order valence-electron chi connectivity index (χ2n) is 19.2. The molecule has 6 heteroatoms. The van der Waals surface area contributed by atoms with Crippen LogP contribution in [0.3, 0.4) is 0 Å². The van der Waals surface area contributed by atoms with Gasteiger partial charge in [0.2, 0.25) is 0 Å². The summed E-state index contributed by atoms with van der Waals surface area (Å²) in [5.41, 5.74) is 0.762. The minimum absolute atomic E-state index is 0.00132. The van der Waals surface area contributed by atoms with Crippen LogP contribution < -0.4 is 0 Å². The Bertz CT molecular complexity index is 996. The van der Waals surface area contributed by atoms with Crippen molar-refractivity contribution in [1.82, 2.24) is 0 Å². The van der Waals surface area contributed by atoms with E-state index in [0.29, 0.717) is 41.1 Å². The van der Waals surface area contributed by atoms with E-state index in [9.17, 15) is 9.59 Å². The van der Waals surface area contributed by atoms with E-state index in [2.05, 4.69) is 81.6 Å². The monoisotopic (exact) mass is 634 g/mol. The number of hydrogen-bond acceptors (Lipinski definition) is 4.